The molecule has 0 radical (unpaired) electrons. The summed E-state index contributed by atoms with van der Waals surface area (Å²) in [4.78, 5) is 11.7. The normalized spacial score (nSPS) is 10.9. The van der Waals surface area contributed by atoms with Crippen LogP contribution in [0.5, 0.6) is 0 Å². The summed E-state index contributed by atoms with van der Waals surface area (Å²) in [7, 11) is 1.28. The van der Waals surface area contributed by atoms with Crippen LogP contribution >= 0.6 is 23.8 Å². The summed E-state index contributed by atoms with van der Waals surface area (Å²) in [6.45, 7) is 0. The first kappa shape index (κ1) is 16.7. The molecule has 1 heterocycles. The molecule has 0 unspecified atom stereocenters. The highest BCUT2D eigenvalue weighted by Gasteiger charge is 2.14. The van der Waals surface area contributed by atoms with Gasteiger partial charge in [0.05, 0.1) is 23.3 Å². The molecule has 5 nitrogen and oxygen atoms in total. The lowest BCUT2D eigenvalue weighted by molar-refractivity contribution is 0.0601. The average Bonchev–Trinajstić information content (AvgIpc) is 3.00. The molecule has 0 bridgehead atoms. The molecule has 0 aliphatic rings. The van der Waals surface area contributed by atoms with E-state index in [1.54, 1.807) is 30.3 Å². The van der Waals surface area contributed by atoms with Gasteiger partial charge in [-0.3, -0.25) is 0 Å². The molecule has 0 aliphatic heterocycles. The Hall–Kier alpha value is -2.62. The lowest BCUT2D eigenvalue weighted by atomic mass is 10.1. The molecular weight excluding hydrogens is 336 g/mol. The van der Waals surface area contributed by atoms with E-state index < -0.39 is 5.97 Å². The number of furan rings is 1. The number of rotatable bonds is 4. The van der Waals surface area contributed by atoms with Gasteiger partial charge in [0.1, 0.15) is 22.6 Å². The van der Waals surface area contributed by atoms with Gasteiger partial charge in [0, 0.05) is 11.6 Å². The van der Waals surface area contributed by atoms with Crippen molar-refractivity contribution in [3.63, 3.8) is 0 Å². The van der Waals surface area contributed by atoms with Crippen molar-refractivity contribution in [3.05, 3.63) is 52.3 Å². The zero-order valence-electron chi connectivity index (χ0n) is 12.0. The second kappa shape index (κ2) is 7.09. The van der Waals surface area contributed by atoms with Crippen molar-refractivity contribution in [2.75, 3.05) is 7.11 Å². The standard InChI is InChI=1S/C16H11ClN2O3S/c1-21-16(20)12-7-9(2-4-13(12)17)14-5-3-11(22-14)6-10(8-18)15(19)23/h2-7H,1H3,(H2,19,23)/b10-6+. The number of hydrogen-bond donors (Lipinski definition) is 1. The Morgan fingerprint density at radius 2 is 2.17 bits per heavy atom. The molecule has 116 valence electrons. The molecule has 1 aromatic carbocycles. The third-order valence-electron chi connectivity index (χ3n) is 2.96. The van der Waals surface area contributed by atoms with Crippen LogP contribution in [0.1, 0.15) is 16.1 Å². The molecule has 0 aliphatic carbocycles. The molecule has 1 aromatic heterocycles. The number of carbonyl (C=O) groups excluding carboxylic acids is 1. The van der Waals surface area contributed by atoms with Gasteiger partial charge in [0.25, 0.3) is 0 Å². The van der Waals surface area contributed by atoms with Gasteiger partial charge in [0.2, 0.25) is 0 Å². The van der Waals surface area contributed by atoms with Crippen LogP contribution in [0.25, 0.3) is 17.4 Å². The van der Waals surface area contributed by atoms with E-state index in [0.717, 1.165) is 0 Å². The first-order valence-electron chi connectivity index (χ1n) is 6.36. The Morgan fingerprint density at radius 3 is 2.78 bits per heavy atom. The number of methoxy groups -OCH3 is 1. The third-order valence-corrected chi connectivity index (χ3v) is 3.50. The van der Waals surface area contributed by atoms with Crippen molar-refractivity contribution in [1.29, 1.82) is 5.26 Å². The fraction of sp³-hybridized carbons (Fsp3) is 0.0625. The van der Waals surface area contributed by atoms with E-state index in [-0.39, 0.29) is 21.1 Å². The van der Waals surface area contributed by atoms with Gasteiger partial charge in [-0.2, -0.15) is 5.26 Å². The van der Waals surface area contributed by atoms with Crippen molar-refractivity contribution < 1.29 is 13.9 Å². The summed E-state index contributed by atoms with van der Waals surface area (Å²) in [5.74, 6) is 0.376. The maximum Gasteiger partial charge on any atom is 0.339 e. The van der Waals surface area contributed by atoms with Crippen LogP contribution in [0.4, 0.5) is 0 Å². The van der Waals surface area contributed by atoms with Crippen LogP contribution in [0.15, 0.2) is 40.3 Å². The number of nitrogens with zero attached hydrogens (tertiary/aromatic N) is 1. The van der Waals surface area contributed by atoms with Gasteiger partial charge in [-0.05, 0) is 30.3 Å². The minimum atomic E-state index is -0.538. The molecule has 0 fully saturated rings. The topological polar surface area (TPSA) is 89.2 Å². The van der Waals surface area contributed by atoms with E-state index in [1.807, 2.05) is 6.07 Å². The Labute approximate surface area is 142 Å². The number of ether oxygens (including phenoxy) is 1. The second-order valence-corrected chi connectivity index (χ2v) is 5.27. The maximum atomic E-state index is 11.7. The first-order chi connectivity index (χ1) is 11.0. The third kappa shape index (κ3) is 3.77. The summed E-state index contributed by atoms with van der Waals surface area (Å²) in [6.07, 6.45) is 1.45. The Balaban J connectivity index is 2.40. The molecule has 0 saturated heterocycles. The number of benzene rings is 1. The monoisotopic (exact) mass is 346 g/mol. The molecule has 2 N–H and O–H groups in total. The van der Waals surface area contributed by atoms with E-state index in [0.29, 0.717) is 17.1 Å². The molecule has 23 heavy (non-hydrogen) atoms. The van der Waals surface area contributed by atoms with Crippen molar-refractivity contribution in [3.8, 4) is 17.4 Å². The van der Waals surface area contributed by atoms with Gasteiger partial charge in [-0.25, -0.2) is 4.79 Å². The Bertz CT molecular complexity index is 849. The van der Waals surface area contributed by atoms with Gasteiger partial charge in [0.15, 0.2) is 0 Å². The first-order valence-corrected chi connectivity index (χ1v) is 7.14. The molecule has 0 spiro atoms. The van der Waals surface area contributed by atoms with Crippen molar-refractivity contribution >= 4 is 40.9 Å². The predicted octanol–water partition coefficient (Wildman–Crippen LogP) is 3.58. The van der Waals surface area contributed by atoms with Crippen LogP contribution < -0.4 is 5.73 Å². The summed E-state index contributed by atoms with van der Waals surface area (Å²) >= 11 is 10.7. The van der Waals surface area contributed by atoms with E-state index in [9.17, 15) is 4.79 Å². The number of carbonyl (C=O) groups is 1. The van der Waals surface area contributed by atoms with E-state index in [2.05, 4.69) is 4.74 Å². The van der Waals surface area contributed by atoms with Gasteiger partial charge in [-0.1, -0.05) is 23.8 Å². The molecular formula is C16H11ClN2O3S. The predicted molar refractivity (Wildman–Crippen MR) is 90.9 cm³/mol. The molecule has 0 amide bonds. The van der Waals surface area contributed by atoms with Crippen LogP contribution in [0.2, 0.25) is 5.02 Å². The molecule has 0 atom stereocenters. The minimum absolute atomic E-state index is 0.00933. The van der Waals surface area contributed by atoms with E-state index >= 15 is 0 Å². The molecule has 7 heteroatoms. The van der Waals surface area contributed by atoms with Crippen LogP contribution in [-0.2, 0) is 4.74 Å². The number of nitrogens with two attached hydrogens (primary N) is 1. The zero-order valence-corrected chi connectivity index (χ0v) is 13.6. The average molecular weight is 347 g/mol. The smallest absolute Gasteiger partial charge is 0.339 e. The van der Waals surface area contributed by atoms with Gasteiger partial charge < -0.3 is 14.9 Å². The summed E-state index contributed by atoms with van der Waals surface area (Å²) < 4.78 is 10.3. The van der Waals surface area contributed by atoms with Crippen LogP contribution in [0.3, 0.4) is 0 Å². The molecule has 2 aromatic rings. The van der Waals surface area contributed by atoms with Crippen molar-refractivity contribution in [2.24, 2.45) is 5.73 Å². The number of esters is 1. The van der Waals surface area contributed by atoms with Crippen LogP contribution in [-0.4, -0.2) is 18.1 Å². The van der Waals surface area contributed by atoms with Crippen molar-refractivity contribution in [2.45, 2.75) is 0 Å². The highest BCUT2D eigenvalue weighted by molar-refractivity contribution is 7.80. The minimum Gasteiger partial charge on any atom is -0.465 e. The lowest BCUT2D eigenvalue weighted by Crippen LogP contribution is -2.09. The van der Waals surface area contributed by atoms with Crippen LogP contribution in [0, 0.1) is 11.3 Å². The largest absolute Gasteiger partial charge is 0.465 e. The SMILES string of the molecule is COC(=O)c1cc(-c2ccc(/C=C(\C#N)C(N)=S)o2)ccc1Cl. The van der Waals surface area contributed by atoms with E-state index in [4.69, 9.17) is 39.2 Å². The summed E-state index contributed by atoms with van der Waals surface area (Å²) in [6, 6.07) is 10.1. The fourth-order valence-corrected chi connectivity index (χ4v) is 2.13. The molecule has 0 saturated carbocycles. The van der Waals surface area contributed by atoms with E-state index in [1.165, 1.54) is 13.2 Å². The Morgan fingerprint density at radius 1 is 1.43 bits per heavy atom. The van der Waals surface area contributed by atoms with Gasteiger partial charge >= 0.3 is 5.97 Å². The second-order valence-electron chi connectivity index (χ2n) is 4.42. The lowest BCUT2D eigenvalue weighted by Gasteiger charge is -2.04. The fourth-order valence-electron chi connectivity index (χ4n) is 1.83. The summed E-state index contributed by atoms with van der Waals surface area (Å²) in [5.41, 5.74) is 6.46. The highest BCUT2D eigenvalue weighted by atomic mass is 35.5. The quantitative estimate of drug-likeness (QED) is 0.394. The Kier molecular flexibility index (Phi) is 5.16. The summed E-state index contributed by atoms with van der Waals surface area (Å²) in [5, 5.41) is 9.23. The van der Waals surface area contributed by atoms with Gasteiger partial charge in [-0.15, -0.1) is 0 Å². The number of halogens is 1. The maximum absolute atomic E-state index is 11.7. The number of thiocarbonyl (C=S) groups is 1. The molecule has 2 rings (SSSR count). The van der Waals surface area contributed by atoms with Crippen molar-refractivity contribution in [1.82, 2.24) is 0 Å². The number of nitriles is 1. The highest BCUT2D eigenvalue weighted by Crippen LogP contribution is 2.28. The number of hydrogen-bond acceptors (Lipinski definition) is 5. The zero-order chi connectivity index (χ0) is 17.0.